The molecule has 0 saturated carbocycles. The molecule has 27 heavy (non-hydrogen) atoms. The third kappa shape index (κ3) is 3.55. The number of nitrogens with one attached hydrogen (secondary N) is 1. The van der Waals surface area contributed by atoms with E-state index in [1.165, 1.54) is 23.8 Å². The van der Waals surface area contributed by atoms with Crippen LogP contribution in [0.4, 0.5) is 0 Å². The van der Waals surface area contributed by atoms with Crippen molar-refractivity contribution in [1.82, 2.24) is 0 Å². The van der Waals surface area contributed by atoms with Crippen molar-refractivity contribution in [2.75, 3.05) is 19.7 Å². The molecule has 4 rings (SSSR count). The summed E-state index contributed by atoms with van der Waals surface area (Å²) in [6, 6.07) is 10.6. The molecule has 140 valence electrons. The predicted octanol–water partition coefficient (Wildman–Crippen LogP) is 1.95. The van der Waals surface area contributed by atoms with Gasteiger partial charge < -0.3 is 19.5 Å². The molecule has 5 nitrogen and oxygen atoms in total. The topological polar surface area (TPSA) is 63.0 Å². The highest BCUT2D eigenvalue weighted by Gasteiger charge is 2.31. The Labute approximate surface area is 158 Å². The Bertz CT molecular complexity index is 880. The van der Waals surface area contributed by atoms with Crippen LogP contribution in [0.1, 0.15) is 41.3 Å². The number of benzene rings is 2. The van der Waals surface area contributed by atoms with Crippen molar-refractivity contribution in [1.29, 1.82) is 0 Å². The predicted molar refractivity (Wildman–Crippen MR) is 100 cm³/mol. The number of carbonyl (C=O) groups excluding carboxylic acids is 1. The molecule has 2 aromatic carbocycles. The maximum atomic E-state index is 12.7. The average molecular weight is 365 g/mol. The second-order valence-electron chi connectivity index (χ2n) is 6.99. The summed E-state index contributed by atoms with van der Waals surface area (Å²) >= 11 is 0. The van der Waals surface area contributed by atoms with E-state index in [0.29, 0.717) is 30.0 Å². The normalized spacial score (nSPS) is 18.0. The molecule has 0 spiro atoms. The number of carbonyl (C=O) groups is 1. The van der Waals surface area contributed by atoms with Crippen molar-refractivity contribution >= 4 is 11.9 Å². The summed E-state index contributed by atoms with van der Waals surface area (Å²) in [4.78, 5) is 14.1. The Morgan fingerprint density at radius 1 is 1.15 bits per heavy atom. The molecule has 0 amide bonds. The summed E-state index contributed by atoms with van der Waals surface area (Å²) < 4.78 is 11.3. The molecule has 0 aliphatic carbocycles. The van der Waals surface area contributed by atoms with Gasteiger partial charge in [-0.05, 0) is 36.8 Å². The van der Waals surface area contributed by atoms with Gasteiger partial charge in [-0.1, -0.05) is 23.9 Å². The van der Waals surface area contributed by atoms with E-state index in [2.05, 4.69) is 0 Å². The van der Waals surface area contributed by atoms with Gasteiger partial charge in [-0.2, -0.15) is 0 Å². The highest BCUT2D eigenvalue weighted by atomic mass is 16.5. The highest BCUT2D eigenvalue weighted by molar-refractivity contribution is 6.14. The van der Waals surface area contributed by atoms with Crippen LogP contribution in [0.15, 0.2) is 42.2 Å². The summed E-state index contributed by atoms with van der Waals surface area (Å²) in [6.07, 6.45) is 4.08. The maximum absolute atomic E-state index is 12.7. The summed E-state index contributed by atoms with van der Waals surface area (Å²) in [6.45, 7) is 5.28. The molecule has 2 aromatic rings. The van der Waals surface area contributed by atoms with Gasteiger partial charge >= 0.3 is 0 Å². The van der Waals surface area contributed by atoms with Crippen LogP contribution in [0.2, 0.25) is 0 Å². The van der Waals surface area contributed by atoms with E-state index in [1.807, 2.05) is 31.2 Å². The van der Waals surface area contributed by atoms with Crippen LogP contribution in [-0.2, 0) is 6.54 Å². The Hall–Kier alpha value is -2.79. The number of ether oxygens (including phenoxy) is 2. The Kier molecular flexibility index (Phi) is 4.86. The zero-order valence-electron chi connectivity index (χ0n) is 15.4. The van der Waals surface area contributed by atoms with Gasteiger partial charge in [0, 0.05) is 18.4 Å². The number of fused-ring (bicyclic) bond motifs is 1. The second-order valence-corrected chi connectivity index (χ2v) is 6.99. The molecule has 0 bridgehead atoms. The number of Topliss-reactive ketones (excluding diaryl/α,β-unsaturated/α-hetero) is 1. The van der Waals surface area contributed by atoms with E-state index in [0.717, 1.165) is 24.4 Å². The quantitative estimate of drug-likeness (QED) is 0.823. The van der Waals surface area contributed by atoms with Gasteiger partial charge in [0.25, 0.3) is 0 Å². The fourth-order valence-electron chi connectivity index (χ4n) is 3.74. The lowest BCUT2D eigenvalue weighted by Crippen LogP contribution is -3.08. The van der Waals surface area contributed by atoms with E-state index in [1.54, 1.807) is 12.1 Å². The van der Waals surface area contributed by atoms with Crippen LogP contribution in [0.5, 0.6) is 17.2 Å². The molecule has 5 heteroatoms. The van der Waals surface area contributed by atoms with Crippen molar-refractivity contribution in [3.63, 3.8) is 0 Å². The number of allylic oxidation sites excluding steroid dienone is 1. The van der Waals surface area contributed by atoms with Crippen LogP contribution < -0.4 is 19.5 Å². The maximum Gasteiger partial charge on any atom is 0.231 e. The molecule has 0 atom stereocenters. The number of ketones is 1. The molecular weight excluding hydrogens is 342 g/mol. The molecule has 0 aromatic heterocycles. The minimum Gasteiger partial charge on any atom is -0.872 e. The summed E-state index contributed by atoms with van der Waals surface area (Å²) in [5.74, 6) is 1.27. The van der Waals surface area contributed by atoms with Gasteiger partial charge in [-0.25, -0.2) is 0 Å². The summed E-state index contributed by atoms with van der Waals surface area (Å²) in [5.41, 5.74) is 1.96. The standard InChI is InChI=1S/C22H23NO4/c1-2-26-16-7-5-15(6-8-16)13-20-21(25)17-9-10-19(24)18(22(17)27-20)14-23-11-3-4-12-23/h5-10,13,24H,2-4,11-12,14H2,1H3. The van der Waals surface area contributed by atoms with Crippen molar-refractivity contribution in [3.8, 4) is 17.2 Å². The number of rotatable bonds is 5. The van der Waals surface area contributed by atoms with Crippen LogP contribution in [0.25, 0.3) is 6.08 Å². The van der Waals surface area contributed by atoms with Gasteiger partial charge in [0.05, 0.1) is 25.3 Å². The van der Waals surface area contributed by atoms with Gasteiger partial charge in [0.2, 0.25) is 5.78 Å². The number of quaternary nitrogens is 1. The summed E-state index contributed by atoms with van der Waals surface area (Å²) in [5, 5.41) is 12.4. The third-order valence-electron chi connectivity index (χ3n) is 5.12. The van der Waals surface area contributed by atoms with E-state index in [-0.39, 0.29) is 17.3 Å². The Morgan fingerprint density at radius 3 is 2.59 bits per heavy atom. The molecule has 0 radical (unpaired) electrons. The number of hydrogen-bond acceptors (Lipinski definition) is 4. The fourth-order valence-corrected chi connectivity index (χ4v) is 3.74. The van der Waals surface area contributed by atoms with Crippen molar-refractivity contribution in [2.24, 2.45) is 0 Å². The molecule has 2 heterocycles. The van der Waals surface area contributed by atoms with E-state index in [4.69, 9.17) is 9.47 Å². The molecule has 1 fully saturated rings. The zero-order valence-corrected chi connectivity index (χ0v) is 15.4. The van der Waals surface area contributed by atoms with Crippen molar-refractivity contribution < 1.29 is 24.3 Å². The first-order valence-electron chi connectivity index (χ1n) is 9.49. The van der Waals surface area contributed by atoms with Crippen LogP contribution >= 0.6 is 0 Å². The first-order chi connectivity index (χ1) is 13.2. The molecule has 1 N–H and O–H groups in total. The second kappa shape index (κ2) is 7.45. The molecular formula is C22H23NO4. The molecule has 1 saturated heterocycles. The smallest absolute Gasteiger partial charge is 0.231 e. The van der Waals surface area contributed by atoms with Crippen LogP contribution in [-0.4, -0.2) is 25.5 Å². The average Bonchev–Trinajstić information content (AvgIpc) is 3.28. The minimum absolute atomic E-state index is 0.0525. The van der Waals surface area contributed by atoms with E-state index in [9.17, 15) is 9.90 Å². The monoisotopic (exact) mass is 365 g/mol. The van der Waals surface area contributed by atoms with Crippen molar-refractivity contribution in [2.45, 2.75) is 26.3 Å². The first kappa shape index (κ1) is 17.6. The first-order valence-corrected chi connectivity index (χ1v) is 9.49. The number of likely N-dealkylation sites (tertiary alicyclic amines) is 1. The Balaban J connectivity index is 1.61. The summed E-state index contributed by atoms with van der Waals surface area (Å²) in [7, 11) is 0. The third-order valence-corrected chi connectivity index (χ3v) is 5.12. The fraction of sp³-hybridized carbons (Fsp3) is 0.318. The van der Waals surface area contributed by atoms with Gasteiger partial charge in [-0.3, -0.25) is 4.79 Å². The van der Waals surface area contributed by atoms with Crippen LogP contribution in [0.3, 0.4) is 0 Å². The largest absolute Gasteiger partial charge is 0.872 e. The van der Waals surface area contributed by atoms with Crippen molar-refractivity contribution in [3.05, 3.63) is 58.8 Å². The molecule has 2 aliphatic heterocycles. The van der Waals surface area contributed by atoms with Gasteiger partial charge in [0.15, 0.2) is 5.76 Å². The lowest BCUT2D eigenvalue weighted by Gasteiger charge is -2.19. The SMILES string of the molecule is CCOc1ccc(C=C2Oc3c(ccc([O-])c3C[NH+]3CCCC3)C2=O)cc1. The Morgan fingerprint density at radius 2 is 1.89 bits per heavy atom. The molecule has 0 unspecified atom stereocenters. The van der Waals surface area contributed by atoms with E-state index < -0.39 is 0 Å². The lowest BCUT2D eigenvalue weighted by molar-refractivity contribution is -0.901. The molecule has 2 aliphatic rings. The van der Waals surface area contributed by atoms with Crippen LogP contribution in [0, 0.1) is 0 Å². The van der Waals surface area contributed by atoms with E-state index >= 15 is 0 Å². The highest BCUT2D eigenvalue weighted by Crippen LogP contribution is 2.38. The minimum atomic E-state index is -0.170. The zero-order chi connectivity index (χ0) is 18.8. The number of hydrogen-bond donors (Lipinski definition) is 1. The van der Waals surface area contributed by atoms with Gasteiger partial charge in [-0.15, -0.1) is 0 Å². The lowest BCUT2D eigenvalue weighted by atomic mass is 10.0. The van der Waals surface area contributed by atoms with Gasteiger partial charge in [0.1, 0.15) is 18.0 Å².